The Kier molecular flexibility index (Phi) is 6.42. The van der Waals surface area contributed by atoms with Gasteiger partial charge in [0.15, 0.2) is 0 Å². The molecule has 1 saturated carbocycles. The van der Waals surface area contributed by atoms with Gasteiger partial charge in [0.05, 0.1) is 11.8 Å². The van der Waals surface area contributed by atoms with Crippen LogP contribution in [0.3, 0.4) is 0 Å². The highest BCUT2D eigenvalue weighted by Gasteiger charge is 2.43. The van der Waals surface area contributed by atoms with Gasteiger partial charge in [0.25, 0.3) is 5.91 Å². The van der Waals surface area contributed by atoms with E-state index in [1.54, 1.807) is 5.01 Å². The first-order valence-corrected chi connectivity index (χ1v) is 12.4. The summed E-state index contributed by atoms with van der Waals surface area (Å²) in [6.45, 7) is 0. The third-order valence-corrected chi connectivity index (χ3v) is 7.20. The van der Waals surface area contributed by atoms with E-state index < -0.39 is 0 Å². The van der Waals surface area contributed by atoms with E-state index >= 15 is 0 Å². The van der Waals surface area contributed by atoms with Crippen molar-refractivity contribution in [3.63, 3.8) is 0 Å². The number of hydrogen-bond donors (Lipinski definition) is 0. The Morgan fingerprint density at radius 1 is 1.00 bits per heavy atom. The Balaban J connectivity index is 1.58. The van der Waals surface area contributed by atoms with Crippen molar-refractivity contribution in [1.82, 2.24) is 5.01 Å². The standard InChI is InChI=1S/C27H21BrCl2N2O/c28-21-5-1-4-20(16-21)27(33)32-26(18-9-13-23(30)14-10-18)24-6-2-3-19(25(24)31-32)15-17-7-11-22(29)12-8-17/h1,4-5,7-16,24,26H,2-3,6H2/b19-15+/t24-,26+/m0/s1. The van der Waals surface area contributed by atoms with Crippen molar-refractivity contribution in [2.24, 2.45) is 11.0 Å². The molecule has 0 saturated heterocycles. The molecule has 0 N–H and O–H groups in total. The summed E-state index contributed by atoms with van der Waals surface area (Å²) in [5, 5.41) is 8.01. The summed E-state index contributed by atoms with van der Waals surface area (Å²) in [4.78, 5) is 13.6. The molecule has 5 rings (SSSR count). The van der Waals surface area contributed by atoms with Crippen molar-refractivity contribution in [2.75, 3.05) is 0 Å². The monoisotopic (exact) mass is 538 g/mol. The lowest BCUT2D eigenvalue weighted by atomic mass is 9.77. The van der Waals surface area contributed by atoms with Crippen LogP contribution in [0.5, 0.6) is 0 Å². The van der Waals surface area contributed by atoms with Crippen molar-refractivity contribution in [3.05, 3.63) is 110 Å². The zero-order chi connectivity index (χ0) is 22.9. The van der Waals surface area contributed by atoms with Gasteiger partial charge in [0.2, 0.25) is 0 Å². The normalized spacial score (nSPS) is 21.1. The minimum Gasteiger partial charge on any atom is -0.267 e. The summed E-state index contributed by atoms with van der Waals surface area (Å²) >= 11 is 15.7. The van der Waals surface area contributed by atoms with Gasteiger partial charge in [-0.15, -0.1) is 0 Å². The number of nitrogens with zero attached hydrogens (tertiary/aromatic N) is 2. The topological polar surface area (TPSA) is 32.7 Å². The summed E-state index contributed by atoms with van der Waals surface area (Å²) in [6.07, 6.45) is 5.13. The molecule has 0 aromatic heterocycles. The number of allylic oxidation sites excluding steroid dienone is 1. The van der Waals surface area contributed by atoms with Crippen molar-refractivity contribution in [1.29, 1.82) is 0 Å². The zero-order valence-corrected chi connectivity index (χ0v) is 20.8. The Hall–Kier alpha value is -2.40. The molecule has 1 aliphatic heterocycles. The third-order valence-electron chi connectivity index (χ3n) is 6.20. The lowest BCUT2D eigenvalue weighted by Gasteiger charge is -2.29. The SMILES string of the molecule is O=C(c1cccc(Br)c1)N1N=C2/C(=C/c3ccc(Cl)cc3)CCC[C@@H]2[C@H]1c1ccc(Cl)cc1. The number of amides is 1. The molecule has 1 fully saturated rings. The number of rotatable bonds is 3. The number of benzene rings is 3. The van der Waals surface area contributed by atoms with Crippen LogP contribution in [-0.4, -0.2) is 16.6 Å². The molecular formula is C27H21BrCl2N2O. The van der Waals surface area contributed by atoms with E-state index in [1.807, 2.05) is 72.8 Å². The van der Waals surface area contributed by atoms with Crippen molar-refractivity contribution < 1.29 is 4.79 Å². The molecule has 166 valence electrons. The molecule has 1 amide bonds. The van der Waals surface area contributed by atoms with Gasteiger partial charge in [0, 0.05) is 26.0 Å². The number of hydrogen-bond acceptors (Lipinski definition) is 2. The number of hydrazone groups is 1. The predicted molar refractivity (Wildman–Crippen MR) is 139 cm³/mol. The van der Waals surface area contributed by atoms with E-state index in [0.29, 0.717) is 15.6 Å². The van der Waals surface area contributed by atoms with Crippen LogP contribution in [0.15, 0.2) is 87.9 Å². The fourth-order valence-corrected chi connectivity index (χ4v) is 5.33. The van der Waals surface area contributed by atoms with Gasteiger partial charge < -0.3 is 0 Å². The van der Waals surface area contributed by atoms with E-state index in [-0.39, 0.29) is 17.9 Å². The third kappa shape index (κ3) is 4.65. The molecule has 3 aromatic rings. The first kappa shape index (κ1) is 22.4. The van der Waals surface area contributed by atoms with E-state index in [9.17, 15) is 4.79 Å². The molecule has 3 nitrogen and oxygen atoms in total. The largest absolute Gasteiger partial charge is 0.274 e. The summed E-state index contributed by atoms with van der Waals surface area (Å²) in [7, 11) is 0. The van der Waals surface area contributed by atoms with Crippen LogP contribution < -0.4 is 0 Å². The molecule has 0 unspecified atom stereocenters. The van der Waals surface area contributed by atoms with E-state index in [2.05, 4.69) is 22.0 Å². The second kappa shape index (κ2) is 9.46. The van der Waals surface area contributed by atoms with Gasteiger partial charge in [-0.1, -0.05) is 69.5 Å². The molecule has 2 atom stereocenters. The van der Waals surface area contributed by atoms with Crippen molar-refractivity contribution in [2.45, 2.75) is 25.3 Å². The summed E-state index contributed by atoms with van der Waals surface area (Å²) in [5.41, 5.74) is 4.91. The molecule has 1 aliphatic carbocycles. The highest BCUT2D eigenvalue weighted by atomic mass is 79.9. The molecule has 0 spiro atoms. The predicted octanol–water partition coefficient (Wildman–Crippen LogP) is 8.19. The van der Waals surface area contributed by atoms with Crippen LogP contribution in [0.4, 0.5) is 0 Å². The Morgan fingerprint density at radius 2 is 1.70 bits per heavy atom. The average Bonchev–Trinajstić information content (AvgIpc) is 3.21. The quantitative estimate of drug-likeness (QED) is 0.330. The van der Waals surface area contributed by atoms with Gasteiger partial charge >= 0.3 is 0 Å². The minimum atomic E-state index is -0.169. The van der Waals surface area contributed by atoms with Crippen molar-refractivity contribution >= 4 is 56.8 Å². The van der Waals surface area contributed by atoms with Crippen molar-refractivity contribution in [3.8, 4) is 0 Å². The van der Waals surface area contributed by atoms with Crippen LogP contribution >= 0.6 is 39.1 Å². The van der Waals surface area contributed by atoms with Gasteiger partial charge in [-0.05, 0) is 84.5 Å². The van der Waals surface area contributed by atoms with Crippen LogP contribution in [0, 0.1) is 5.92 Å². The van der Waals surface area contributed by atoms with E-state index in [4.69, 9.17) is 28.3 Å². The van der Waals surface area contributed by atoms with Gasteiger partial charge in [-0.2, -0.15) is 5.10 Å². The number of fused-ring (bicyclic) bond motifs is 1. The van der Waals surface area contributed by atoms with Gasteiger partial charge in [-0.25, -0.2) is 5.01 Å². The molecular weight excluding hydrogens is 519 g/mol. The van der Waals surface area contributed by atoms with E-state index in [0.717, 1.165) is 40.6 Å². The summed E-state index contributed by atoms with van der Waals surface area (Å²) in [6, 6.07) is 22.9. The number of carbonyl (C=O) groups excluding carboxylic acids is 1. The van der Waals surface area contributed by atoms with E-state index in [1.165, 1.54) is 5.57 Å². The molecule has 2 aliphatic rings. The first-order valence-electron chi connectivity index (χ1n) is 10.9. The van der Waals surface area contributed by atoms with Crippen LogP contribution in [0.25, 0.3) is 6.08 Å². The number of carbonyl (C=O) groups is 1. The second-order valence-corrected chi connectivity index (χ2v) is 10.2. The van der Waals surface area contributed by atoms with Crippen LogP contribution in [-0.2, 0) is 0 Å². The fraction of sp³-hybridized carbons (Fsp3) is 0.185. The highest BCUT2D eigenvalue weighted by Crippen LogP contribution is 2.45. The first-order chi connectivity index (χ1) is 16.0. The number of halogens is 3. The lowest BCUT2D eigenvalue weighted by Crippen LogP contribution is -2.31. The van der Waals surface area contributed by atoms with Crippen LogP contribution in [0.2, 0.25) is 10.0 Å². The van der Waals surface area contributed by atoms with Crippen LogP contribution in [0.1, 0.15) is 46.8 Å². The fourth-order valence-electron chi connectivity index (χ4n) is 4.68. The molecule has 6 heteroatoms. The van der Waals surface area contributed by atoms with Gasteiger partial charge in [-0.3, -0.25) is 4.79 Å². The maximum atomic E-state index is 13.6. The molecule has 3 aromatic carbocycles. The average molecular weight is 540 g/mol. The minimum absolute atomic E-state index is 0.107. The summed E-state index contributed by atoms with van der Waals surface area (Å²) in [5.74, 6) is 0.0265. The Bertz CT molecular complexity index is 1250. The lowest BCUT2D eigenvalue weighted by molar-refractivity contribution is 0.0681. The Labute approximate surface area is 211 Å². The zero-order valence-electron chi connectivity index (χ0n) is 17.7. The summed E-state index contributed by atoms with van der Waals surface area (Å²) < 4.78 is 0.865. The molecule has 1 heterocycles. The highest BCUT2D eigenvalue weighted by molar-refractivity contribution is 9.10. The van der Waals surface area contributed by atoms with Gasteiger partial charge in [0.1, 0.15) is 0 Å². The molecule has 0 radical (unpaired) electrons. The second-order valence-electron chi connectivity index (χ2n) is 8.36. The Morgan fingerprint density at radius 3 is 2.39 bits per heavy atom. The molecule has 33 heavy (non-hydrogen) atoms. The smallest absolute Gasteiger partial charge is 0.267 e. The maximum Gasteiger partial charge on any atom is 0.274 e. The maximum absolute atomic E-state index is 13.6. The molecule has 0 bridgehead atoms.